The fraction of sp³-hybridized carbons (Fsp3) is 0.0667. The first-order valence-corrected chi connectivity index (χ1v) is 17.0. The Morgan fingerprint density at radius 1 is 0.500 bits per heavy atom. The van der Waals surface area contributed by atoms with Crippen molar-refractivity contribution >= 4 is 40.6 Å². The van der Waals surface area contributed by atoms with Crippen LogP contribution in [0.25, 0.3) is 0 Å². The molecule has 38 heavy (non-hydrogen) atoms. The number of aryl methyl sites for hydroxylation is 2. The van der Waals surface area contributed by atoms with Crippen molar-refractivity contribution in [2.75, 3.05) is 0 Å². The summed E-state index contributed by atoms with van der Waals surface area (Å²) in [6.45, 7) is 27.0. The molecule has 0 unspecified atom stereocenters. The van der Waals surface area contributed by atoms with Gasteiger partial charge in [-0.1, -0.05) is 0 Å². The molecule has 0 saturated heterocycles. The molecule has 188 valence electrons. The standard InChI is InChI=1S/C7H8P.3C6H5.5CO.Sn.W/c1-6-3-4-8-5-7(6)2;3*1-2-4-6-5-3-1;5*1-2;;/h3,5H,1-2H3;3*1-5H;;;;;;;. The molecule has 8 heteroatoms. The summed E-state index contributed by atoms with van der Waals surface area (Å²) >= 11 is -3.34. The van der Waals surface area contributed by atoms with E-state index in [0.29, 0.717) is 0 Å². The first-order chi connectivity index (χ1) is 18.2. The molecule has 3 aromatic carbocycles. The van der Waals surface area contributed by atoms with Crippen LogP contribution in [0.5, 0.6) is 0 Å². The molecule has 4 rings (SSSR count). The van der Waals surface area contributed by atoms with Gasteiger partial charge in [0.25, 0.3) is 0 Å². The molecule has 0 fully saturated rings. The Morgan fingerprint density at radius 3 is 1.05 bits per heavy atom. The quantitative estimate of drug-likeness (QED) is 0.169. The summed E-state index contributed by atoms with van der Waals surface area (Å²) in [6.07, 6.45) is 0. The maximum Gasteiger partial charge on any atom is 0 e. The van der Waals surface area contributed by atoms with Gasteiger partial charge in [-0.2, -0.15) is 0 Å². The zero-order chi connectivity index (χ0) is 28.7. The Hall–Kier alpha value is -2.50. The summed E-state index contributed by atoms with van der Waals surface area (Å²) in [7, 11) is 1.35. The van der Waals surface area contributed by atoms with Crippen molar-refractivity contribution in [2.45, 2.75) is 13.8 Å². The maximum absolute atomic E-state index is 7.50. The molecule has 0 radical (unpaired) electrons. The molecular formula is C30H23O5PSnW. The Morgan fingerprint density at radius 2 is 0.789 bits per heavy atom. The van der Waals surface area contributed by atoms with Crippen LogP contribution in [0.15, 0.2) is 103 Å². The Bertz CT molecular complexity index is 1140. The van der Waals surface area contributed by atoms with E-state index >= 15 is 0 Å². The first kappa shape index (κ1) is 40.0. The molecule has 0 N–H and O–H groups in total. The van der Waals surface area contributed by atoms with Crippen molar-refractivity contribution in [1.82, 2.24) is 0 Å². The van der Waals surface area contributed by atoms with Crippen LogP contribution in [0.1, 0.15) is 11.1 Å². The number of hydrogen-bond donors (Lipinski definition) is 0. The SMILES string of the molecule is Cc1cp[c]([Sn]([c]2ccccc2)([c]2ccccc2)[c]2ccccc2)cc1C.[C-]#[O+].[C-]#[O+].[C-]#[O+].[C-]#[O+].[C-]#[O+].[W]. The minimum absolute atomic E-state index is 0. The molecule has 0 atom stereocenters. The average molecular weight is 797 g/mol. The molecule has 1 aromatic heterocycles. The summed E-state index contributed by atoms with van der Waals surface area (Å²) in [5, 5.41) is 0. The van der Waals surface area contributed by atoms with Gasteiger partial charge in [-0.3, -0.25) is 0 Å². The van der Waals surface area contributed by atoms with Gasteiger partial charge in [-0.15, -0.1) is 0 Å². The molecule has 5 nitrogen and oxygen atoms in total. The van der Waals surface area contributed by atoms with Gasteiger partial charge >= 0.3 is 225 Å². The van der Waals surface area contributed by atoms with Gasteiger partial charge in [0.1, 0.15) is 0 Å². The third-order valence-electron chi connectivity index (χ3n) is 5.38. The van der Waals surface area contributed by atoms with Gasteiger partial charge in [0, 0.05) is 21.1 Å². The van der Waals surface area contributed by atoms with Crippen LogP contribution in [0, 0.1) is 47.1 Å². The molecular weight excluding hydrogens is 774 g/mol. The van der Waals surface area contributed by atoms with Crippen LogP contribution in [-0.4, -0.2) is 18.4 Å². The van der Waals surface area contributed by atoms with E-state index in [-0.39, 0.29) is 21.1 Å². The minimum atomic E-state index is -3.34. The maximum atomic E-state index is 7.50. The third kappa shape index (κ3) is 10.3. The van der Waals surface area contributed by atoms with Crippen molar-refractivity contribution in [2.24, 2.45) is 0 Å². The molecule has 0 bridgehead atoms. The molecule has 0 aliphatic heterocycles. The van der Waals surface area contributed by atoms with Crippen molar-refractivity contribution in [3.05, 3.63) is 147 Å². The van der Waals surface area contributed by atoms with Crippen molar-refractivity contribution < 1.29 is 44.3 Å². The molecule has 0 amide bonds. The number of benzene rings is 3. The van der Waals surface area contributed by atoms with Crippen LogP contribution in [-0.2, 0) is 44.3 Å². The molecule has 4 aromatic rings. The fourth-order valence-corrected chi connectivity index (χ4v) is 22.2. The Balaban J connectivity index is -0.00000100. The average Bonchev–Trinajstić information content (AvgIpc) is 3.02. The monoisotopic (exact) mass is 798 g/mol. The zero-order valence-corrected chi connectivity index (χ0v) is 27.4. The van der Waals surface area contributed by atoms with E-state index in [4.69, 9.17) is 23.3 Å². The predicted molar refractivity (Wildman–Crippen MR) is 142 cm³/mol. The van der Waals surface area contributed by atoms with Crippen LogP contribution >= 0.6 is 8.19 Å². The van der Waals surface area contributed by atoms with E-state index in [1.165, 1.54) is 30.1 Å². The summed E-state index contributed by atoms with van der Waals surface area (Å²) in [5.74, 6) is 2.39. The van der Waals surface area contributed by atoms with Crippen LogP contribution in [0.4, 0.5) is 0 Å². The van der Waals surface area contributed by atoms with Crippen molar-refractivity contribution in [1.29, 1.82) is 0 Å². The number of hydrogen-bond acceptors (Lipinski definition) is 0. The van der Waals surface area contributed by atoms with E-state index in [2.05, 4.69) is 150 Å². The van der Waals surface area contributed by atoms with Gasteiger partial charge < -0.3 is 0 Å². The Labute approximate surface area is 244 Å². The van der Waals surface area contributed by atoms with Gasteiger partial charge in [0.15, 0.2) is 0 Å². The second-order valence-electron chi connectivity index (χ2n) is 7.00. The summed E-state index contributed by atoms with van der Waals surface area (Å²) in [6, 6.07) is 36.2. The Kier molecular flexibility index (Phi) is 26.1. The van der Waals surface area contributed by atoms with E-state index in [1.54, 1.807) is 3.31 Å². The normalized spacial score (nSPS) is 8.53. The molecule has 0 spiro atoms. The third-order valence-corrected chi connectivity index (χ3v) is 22.5. The second-order valence-corrected chi connectivity index (χ2v) is 20.0. The van der Waals surface area contributed by atoms with Gasteiger partial charge in [0.05, 0.1) is 0 Å². The van der Waals surface area contributed by atoms with E-state index in [9.17, 15) is 0 Å². The van der Waals surface area contributed by atoms with E-state index < -0.39 is 18.4 Å². The summed E-state index contributed by atoms with van der Waals surface area (Å²) in [4.78, 5) is 0. The largest absolute Gasteiger partial charge is 0 e. The molecule has 0 aliphatic rings. The summed E-state index contributed by atoms with van der Waals surface area (Å²) in [5.41, 5.74) is 2.79. The van der Waals surface area contributed by atoms with Gasteiger partial charge in [-0.05, 0) is 0 Å². The van der Waals surface area contributed by atoms with E-state index in [0.717, 1.165) is 0 Å². The van der Waals surface area contributed by atoms with E-state index in [1.807, 2.05) is 0 Å². The molecule has 1 heterocycles. The van der Waals surface area contributed by atoms with Crippen LogP contribution in [0.2, 0.25) is 0 Å². The second kappa shape index (κ2) is 24.8. The van der Waals surface area contributed by atoms with Gasteiger partial charge in [-0.25, -0.2) is 0 Å². The van der Waals surface area contributed by atoms with Crippen molar-refractivity contribution in [3.63, 3.8) is 0 Å². The van der Waals surface area contributed by atoms with Crippen LogP contribution in [0.3, 0.4) is 0 Å². The minimum Gasteiger partial charge on any atom is 0 e. The zero-order valence-electron chi connectivity index (χ0n) is 20.7. The molecule has 0 saturated carbocycles. The van der Waals surface area contributed by atoms with Crippen molar-refractivity contribution in [3.8, 4) is 0 Å². The smallest absolute Gasteiger partial charge is 0 e. The van der Waals surface area contributed by atoms with Gasteiger partial charge in [0.2, 0.25) is 0 Å². The summed E-state index contributed by atoms with van der Waals surface area (Å²) < 4.78 is 43.7. The van der Waals surface area contributed by atoms with Crippen LogP contribution < -0.4 is 14.0 Å². The topological polar surface area (TPSA) is 99.5 Å². The molecule has 0 aliphatic carbocycles. The predicted octanol–water partition coefficient (Wildman–Crippen LogP) is 4.07. The first-order valence-electron chi connectivity index (χ1n) is 10.4. The number of rotatable bonds is 4. The fourth-order valence-electron chi connectivity index (χ4n) is 3.84.